The molecule has 4 aromatic rings. The molecule has 0 unspecified atom stereocenters. The Hall–Kier alpha value is -2.46. The quantitative estimate of drug-likeness (QED) is 0.180. The fourth-order valence-corrected chi connectivity index (χ4v) is 4.62. The first-order valence-corrected chi connectivity index (χ1v) is 11.7. The number of hydrogen-bond acceptors (Lipinski definition) is 7. The van der Waals surface area contributed by atoms with Gasteiger partial charge in [-0.15, -0.1) is 11.3 Å². The minimum Gasteiger partial charge on any atom is -0.366 e. The van der Waals surface area contributed by atoms with E-state index in [2.05, 4.69) is 27.0 Å². The van der Waals surface area contributed by atoms with Crippen molar-refractivity contribution in [2.24, 2.45) is 0 Å². The maximum atomic E-state index is 13.7. The molecule has 0 saturated carbocycles. The third-order valence-electron chi connectivity index (χ3n) is 4.55. The molecule has 3 heterocycles. The van der Waals surface area contributed by atoms with Crippen LogP contribution in [0, 0.1) is 0 Å². The lowest BCUT2D eigenvalue weighted by molar-refractivity contribution is 0.340. The molecule has 1 N–H and O–H groups in total. The molecule has 3 aromatic heterocycles. The van der Waals surface area contributed by atoms with E-state index in [0.717, 1.165) is 31.2 Å². The predicted octanol–water partition coefficient (Wildman–Crippen LogP) is 6.06. The van der Waals surface area contributed by atoms with Crippen molar-refractivity contribution in [2.45, 2.75) is 6.54 Å². The molecule has 0 atom stereocenters. The van der Waals surface area contributed by atoms with Gasteiger partial charge in [-0.2, -0.15) is 5.10 Å². The van der Waals surface area contributed by atoms with Gasteiger partial charge in [-0.05, 0) is 30.3 Å². The molecule has 0 saturated heterocycles. The number of allylic oxidation sites excluding steroid dienone is 4. The van der Waals surface area contributed by atoms with E-state index in [0.29, 0.717) is 25.5 Å². The Labute approximate surface area is 191 Å². The number of fused-ring (bicyclic) bond motifs is 5. The first-order valence-electron chi connectivity index (χ1n) is 9.39. The highest BCUT2D eigenvalue weighted by Gasteiger charge is 2.15. The van der Waals surface area contributed by atoms with Crippen LogP contribution in [0.25, 0.3) is 31.2 Å². The van der Waals surface area contributed by atoms with Gasteiger partial charge in [-0.1, -0.05) is 30.3 Å². The summed E-state index contributed by atoms with van der Waals surface area (Å²) in [6, 6.07) is 4.05. The molecule has 0 aliphatic carbocycles. The molecule has 0 amide bonds. The normalized spacial score (nSPS) is 12.9. The number of rotatable bonds is 9. The largest absolute Gasteiger partial charge is 0.366 e. The molecule has 31 heavy (non-hydrogen) atoms. The van der Waals surface area contributed by atoms with E-state index in [9.17, 15) is 4.39 Å². The van der Waals surface area contributed by atoms with Crippen molar-refractivity contribution in [3.8, 4) is 0 Å². The van der Waals surface area contributed by atoms with Crippen LogP contribution in [0.3, 0.4) is 0 Å². The molecule has 0 fully saturated rings. The number of nitrogens with one attached hydrogen (secondary N) is 1. The van der Waals surface area contributed by atoms with Crippen molar-refractivity contribution in [1.29, 1.82) is 0 Å². The molecule has 0 bridgehead atoms. The zero-order chi connectivity index (χ0) is 21.8. The molecule has 0 radical (unpaired) electrons. The van der Waals surface area contributed by atoms with Crippen molar-refractivity contribution in [2.75, 3.05) is 24.7 Å². The van der Waals surface area contributed by atoms with Crippen molar-refractivity contribution < 1.29 is 8.57 Å². The van der Waals surface area contributed by atoms with E-state index < -0.39 is 5.83 Å². The molecular weight excluding hydrogens is 457 g/mol. The highest BCUT2D eigenvalue weighted by Crippen LogP contribution is 2.39. The molecular formula is C21H19ClFN5OS2. The number of aromatic nitrogens is 4. The highest BCUT2D eigenvalue weighted by atomic mass is 35.5. The van der Waals surface area contributed by atoms with Crippen LogP contribution in [0.15, 0.2) is 60.3 Å². The van der Waals surface area contributed by atoms with E-state index in [1.807, 2.05) is 29.3 Å². The average Bonchev–Trinajstić information content (AvgIpc) is 3.37. The average molecular weight is 476 g/mol. The Kier molecular flexibility index (Phi) is 6.86. The monoisotopic (exact) mass is 475 g/mol. The maximum Gasteiger partial charge on any atom is 0.141 e. The molecule has 0 spiro atoms. The van der Waals surface area contributed by atoms with Gasteiger partial charge in [0.2, 0.25) is 0 Å². The Morgan fingerprint density at radius 3 is 3.06 bits per heavy atom. The van der Waals surface area contributed by atoms with Crippen LogP contribution in [0.1, 0.15) is 0 Å². The fourth-order valence-electron chi connectivity index (χ4n) is 3.17. The van der Waals surface area contributed by atoms with Crippen LogP contribution in [-0.2, 0) is 10.7 Å². The lowest BCUT2D eigenvalue weighted by atomic mass is 10.1. The van der Waals surface area contributed by atoms with Crippen LogP contribution in [0.4, 0.5) is 10.2 Å². The van der Waals surface area contributed by atoms with Crippen molar-refractivity contribution in [3.05, 3.63) is 60.3 Å². The predicted molar refractivity (Wildman–Crippen MR) is 129 cm³/mol. The zero-order valence-electron chi connectivity index (χ0n) is 16.6. The Balaban J connectivity index is 1.66. The van der Waals surface area contributed by atoms with Crippen LogP contribution >= 0.6 is 35.0 Å². The first kappa shape index (κ1) is 21.8. The van der Waals surface area contributed by atoms with Crippen LogP contribution in [0.2, 0.25) is 0 Å². The summed E-state index contributed by atoms with van der Waals surface area (Å²) < 4.78 is 22.1. The van der Waals surface area contributed by atoms with E-state index in [-0.39, 0.29) is 5.03 Å². The standard InChI is InChI=1S/C21H19ClFN5OS2/c1-3-15(22)16(23)5-4-8-24-20-18-13-6-7-17-14(11-28(27-17)9-10-29-30-2)19(13)31-21(18)26-12-25-20/h3-7,11-12H,1,8-10H2,2H3,(H,24,25,26)/b5-4-,16-15-. The molecule has 4 rings (SSSR count). The SMILES string of the molecule is C=C/C(Cl)=C(F)\C=C/CNc1ncnc2sc3c4cn(CCOSC)nc4ccc3c12. The second kappa shape index (κ2) is 9.78. The van der Waals surface area contributed by atoms with E-state index in [1.54, 1.807) is 17.4 Å². The molecule has 6 nitrogen and oxygen atoms in total. The van der Waals surface area contributed by atoms with Gasteiger partial charge in [-0.25, -0.2) is 14.4 Å². The van der Waals surface area contributed by atoms with Gasteiger partial charge in [-0.3, -0.25) is 4.68 Å². The lowest BCUT2D eigenvalue weighted by Crippen LogP contribution is -2.03. The van der Waals surface area contributed by atoms with E-state index in [1.165, 1.54) is 30.5 Å². The fraction of sp³-hybridized carbons (Fsp3) is 0.190. The number of anilines is 1. The van der Waals surface area contributed by atoms with Gasteiger partial charge in [0.1, 0.15) is 22.8 Å². The third-order valence-corrected chi connectivity index (χ3v) is 6.43. The van der Waals surface area contributed by atoms with Gasteiger partial charge in [0, 0.05) is 34.5 Å². The Morgan fingerprint density at radius 1 is 1.39 bits per heavy atom. The van der Waals surface area contributed by atoms with E-state index in [4.69, 9.17) is 15.8 Å². The molecule has 0 aliphatic rings. The van der Waals surface area contributed by atoms with E-state index >= 15 is 0 Å². The molecule has 1 aromatic carbocycles. The molecule has 160 valence electrons. The molecule has 10 heteroatoms. The second-order valence-electron chi connectivity index (χ2n) is 6.44. The second-order valence-corrected chi connectivity index (χ2v) is 8.42. The number of benzene rings is 1. The van der Waals surface area contributed by atoms with Crippen molar-refractivity contribution >= 4 is 72.0 Å². The summed E-state index contributed by atoms with van der Waals surface area (Å²) in [5.41, 5.74) is 0.926. The summed E-state index contributed by atoms with van der Waals surface area (Å²) in [7, 11) is 0. The van der Waals surface area contributed by atoms with Gasteiger partial charge in [0.25, 0.3) is 0 Å². The number of hydrogen-bond donors (Lipinski definition) is 1. The summed E-state index contributed by atoms with van der Waals surface area (Å²) in [4.78, 5) is 9.72. The van der Waals surface area contributed by atoms with Crippen LogP contribution in [-0.4, -0.2) is 39.2 Å². The van der Waals surface area contributed by atoms with Crippen LogP contribution < -0.4 is 5.32 Å². The lowest BCUT2D eigenvalue weighted by Gasteiger charge is -2.04. The Bertz CT molecular complexity index is 1310. The maximum absolute atomic E-state index is 13.7. The number of thiophene rings is 1. The van der Waals surface area contributed by atoms with Gasteiger partial charge in [0.15, 0.2) is 0 Å². The third kappa shape index (κ3) is 4.59. The topological polar surface area (TPSA) is 64.9 Å². The van der Waals surface area contributed by atoms with Gasteiger partial charge >= 0.3 is 0 Å². The van der Waals surface area contributed by atoms with Crippen LogP contribution in [0.5, 0.6) is 0 Å². The minimum atomic E-state index is -0.533. The number of nitrogens with zero attached hydrogens (tertiary/aromatic N) is 4. The summed E-state index contributed by atoms with van der Waals surface area (Å²) in [5, 5.41) is 10.9. The Morgan fingerprint density at radius 2 is 2.26 bits per heavy atom. The smallest absolute Gasteiger partial charge is 0.141 e. The number of halogens is 2. The molecule has 0 aliphatic heterocycles. The first-order chi connectivity index (χ1) is 15.1. The summed E-state index contributed by atoms with van der Waals surface area (Å²) >= 11 is 8.66. The van der Waals surface area contributed by atoms with Gasteiger partial charge in [0.05, 0.1) is 29.1 Å². The summed E-state index contributed by atoms with van der Waals surface area (Å²) in [5.74, 6) is 0.162. The minimum absolute atomic E-state index is 0.0194. The van der Waals surface area contributed by atoms with Crippen molar-refractivity contribution in [1.82, 2.24) is 19.7 Å². The van der Waals surface area contributed by atoms with Gasteiger partial charge < -0.3 is 9.50 Å². The zero-order valence-corrected chi connectivity index (χ0v) is 19.0. The van der Waals surface area contributed by atoms with Crippen molar-refractivity contribution in [3.63, 3.8) is 0 Å². The highest BCUT2D eigenvalue weighted by molar-refractivity contribution is 7.93. The summed E-state index contributed by atoms with van der Waals surface area (Å²) in [6.45, 7) is 5.10. The summed E-state index contributed by atoms with van der Waals surface area (Å²) in [6.07, 6.45) is 9.67.